The van der Waals surface area contributed by atoms with E-state index in [1.165, 1.54) is 0 Å². The Balaban J connectivity index is 2.07. The minimum Gasteiger partial charge on any atom is -0.394 e. The number of aryl methyl sites for hydroxylation is 1. The molecule has 1 aliphatic heterocycles. The Bertz CT molecular complexity index is 391. The second-order valence-corrected chi connectivity index (χ2v) is 4.33. The molecule has 1 aliphatic rings. The summed E-state index contributed by atoms with van der Waals surface area (Å²) < 4.78 is 0. The van der Waals surface area contributed by atoms with Crippen molar-refractivity contribution in [3.63, 3.8) is 0 Å². The van der Waals surface area contributed by atoms with Crippen LogP contribution in [0.2, 0.25) is 0 Å². The van der Waals surface area contributed by atoms with Crippen molar-refractivity contribution in [2.45, 2.75) is 38.6 Å². The molecule has 2 heterocycles. The summed E-state index contributed by atoms with van der Waals surface area (Å²) in [5.74, 6) is 0.782. The smallest absolute Gasteiger partial charge is 0.293 e. The third-order valence-electron chi connectivity index (χ3n) is 3.06. The molecule has 1 aromatic rings. The van der Waals surface area contributed by atoms with Gasteiger partial charge in [-0.1, -0.05) is 6.92 Å². The van der Waals surface area contributed by atoms with Crippen molar-refractivity contribution in [2.75, 3.05) is 13.2 Å². The van der Waals surface area contributed by atoms with Gasteiger partial charge in [-0.25, -0.2) is 4.98 Å². The van der Waals surface area contributed by atoms with Crippen molar-refractivity contribution in [1.29, 1.82) is 0 Å². The molecule has 0 aliphatic carbocycles. The third-order valence-corrected chi connectivity index (χ3v) is 3.06. The number of nitrogens with zero attached hydrogens (tertiary/aromatic N) is 3. The van der Waals surface area contributed by atoms with Gasteiger partial charge in [0.25, 0.3) is 5.91 Å². The number of hydrogen-bond acceptors (Lipinski definition) is 4. The highest BCUT2D eigenvalue weighted by atomic mass is 16.3. The highest BCUT2D eigenvalue weighted by molar-refractivity contribution is 5.90. The molecule has 1 amide bonds. The molecule has 1 atom stereocenters. The Morgan fingerprint density at radius 1 is 1.65 bits per heavy atom. The summed E-state index contributed by atoms with van der Waals surface area (Å²) in [5.41, 5.74) is 0. The molecule has 0 bridgehead atoms. The number of carbonyl (C=O) groups is 1. The number of aliphatic hydroxyl groups excluding tert-OH is 1. The third kappa shape index (κ3) is 2.46. The Morgan fingerprint density at radius 2 is 2.47 bits per heavy atom. The monoisotopic (exact) mass is 238 g/mol. The fourth-order valence-corrected chi connectivity index (χ4v) is 2.16. The van der Waals surface area contributed by atoms with Crippen LogP contribution in [0.15, 0.2) is 0 Å². The SMILES string of the molecule is CCCc1nc(C(=O)N2CCC[C@H]2CO)n[nH]1. The molecule has 0 aromatic carbocycles. The number of aliphatic hydroxyl groups is 1. The van der Waals surface area contributed by atoms with Crippen molar-refractivity contribution < 1.29 is 9.90 Å². The number of aromatic amines is 1. The van der Waals surface area contributed by atoms with Crippen LogP contribution in [0.4, 0.5) is 0 Å². The molecule has 6 nitrogen and oxygen atoms in total. The van der Waals surface area contributed by atoms with Gasteiger partial charge in [0.15, 0.2) is 0 Å². The highest BCUT2D eigenvalue weighted by Gasteiger charge is 2.30. The van der Waals surface area contributed by atoms with Gasteiger partial charge in [-0.05, 0) is 19.3 Å². The minimum atomic E-state index is -0.180. The zero-order valence-electron chi connectivity index (χ0n) is 10.0. The molecule has 6 heteroatoms. The molecule has 0 saturated carbocycles. The molecule has 94 valence electrons. The Kier molecular flexibility index (Phi) is 3.73. The topological polar surface area (TPSA) is 82.1 Å². The lowest BCUT2D eigenvalue weighted by Gasteiger charge is -2.21. The van der Waals surface area contributed by atoms with Gasteiger partial charge in [0.1, 0.15) is 5.82 Å². The van der Waals surface area contributed by atoms with Gasteiger partial charge in [-0.15, -0.1) is 5.10 Å². The van der Waals surface area contributed by atoms with Gasteiger partial charge in [0, 0.05) is 13.0 Å². The number of nitrogens with one attached hydrogen (secondary N) is 1. The normalized spacial score (nSPS) is 19.9. The molecule has 0 unspecified atom stereocenters. The van der Waals surface area contributed by atoms with Crippen LogP contribution in [0.3, 0.4) is 0 Å². The standard InChI is InChI=1S/C11H18N4O2/c1-2-4-9-12-10(14-13-9)11(17)15-6-3-5-8(15)7-16/h8,16H,2-7H2,1H3,(H,12,13,14)/t8-/m0/s1. The summed E-state index contributed by atoms with van der Waals surface area (Å²) in [6, 6.07) is -0.0735. The maximum atomic E-state index is 12.1. The first kappa shape index (κ1) is 12.0. The van der Waals surface area contributed by atoms with E-state index in [0.29, 0.717) is 6.54 Å². The molecule has 0 radical (unpaired) electrons. The first-order valence-corrected chi connectivity index (χ1v) is 6.09. The van der Waals surface area contributed by atoms with E-state index in [1.807, 2.05) is 6.92 Å². The maximum absolute atomic E-state index is 12.1. The molecule has 1 saturated heterocycles. The number of carbonyl (C=O) groups excluding carboxylic acids is 1. The largest absolute Gasteiger partial charge is 0.394 e. The average molecular weight is 238 g/mol. The first-order valence-electron chi connectivity index (χ1n) is 6.09. The fraction of sp³-hybridized carbons (Fsp3) is 0.727. The predicted molar refractivity (Wildman–Crippen MR) is 61.5 cm³/mol. The van der Waals surface area contributed by atoms with Crippen LogP contribution in [0.25, 0.3) is 0 Å². The number of rotatable bonds is 4. The van der Waals surface area contributed by atoms with E-state index in [0.717, 1.165) is 31.5 Å². The van der Waals surface area contributed by atoms with Crippen LogP contribution < -0.4 is 0 Å². The van der Waals surface area contributed by atoms with E-state index in [4.69, 9.17) is 0 Å². The number of H-pyrrole nitrogens is 1. The quantitative estimate of drug-likeness (QED) is 0.793. The molecule has 2 N–H and O–H groups in total. The zero-order chi connectivity index (χ0) is 12.3. The highest BCUT2D eigenvalue weighted by Crippen LogP contribution is 2.18. The predicted octanol–water partition coefficient (Wildman–Crippen LogP) is 0.354. The van der Waals surface area contributed by atoms with Gasteiger partial charge in [0.2, 0.25) is 5.82 Å². The van der Waals surface area contributed by atoms with E-state index in [-0.39, 0.29) is 24.4 Å². The van der Waals surface area contributed by atoms with Crippen molar-refractivity contribution in [3.8, 4) is 0 Å². The summed E-state index contributed by atoms with van der Waals surface area (Å²) >= 11 is 0. The second-order valence-electron chi connectivity index (χ2n) is 4.33. The van der Waals surface area contributed by atoms with Crippen LogP contribution in [0.1, 0.15) is 42.6 Å². The summed E-state index contributed by atoms with van der Waals surface area (Å²) in [6.45, 7) is 2.74. The fourth-order valence-electron chi connectivity index (χ4n) is 2.16. The minimum absolute atomic E-state index is 0.0119. The van der Waals surface area contributed by atoms with Crippen LogP contribution in [-0.2, 0) is 6.42 Å². The summed E-state index contributed by atoms with van der Waals surface area (Å²) in [5, 5.41) is 15.9. The lowest BCUT2D eigenvalue weighted by atomic mass is 10.2. The van der Waals surface area contributed by atoms with E-state index in [9.17, 15) is 9.90 Å². The van der Waals surface area contributed by atoms with Gasteiger partial charge in [-0.2, -0.15) is 0 Å². The lowest BCUT2D eigenvalue weighted by molar-refractivity contribution is 0.0666. The summed E-state index contributed by atoms with van der Waals surface area (Å²) in [4.78, 5) is 17.9. The van der Waals surface area contributed by atoms with Gasteiger partial charge < -0.3 is 10.0 Å². The number of aromatic nitrogens is 3. The maximum Gasteiger partial charge on any atom is 0.293 e. The van der Waals surface area contributed by atoms with Crippen LogP contribution in [0, 0.1) is 0 Å². The number of hydrogen-bond donors (Lipinski definition) is 2. The second kappa shape index (κ2) is 5.27. The molecule has 17 heavy (non-hydrogen) atoms. The van der Waals surface area contributed by atoms with Crippen molar-refractivity contribution in [2.24, 2.45) is 0 Å². The van der Waals surface area contributed by atoms with E-state index >= 15 is 0 Å². The molecule has 1 aromatic heterocycles. The van der Waals surface area contributed by atoms with E-state index in [2.05, 4.69) is 15.2 Å². The van der Waals surface area contributed by atoms with E-state index in [1.54, 1.807) is 4.90 Å². The first-order chi connectivity index (χ1) is 8.26. The Morgan fingerprint density at radius 3 is 3.18 bits per heavy atom. The van der Waals surface area contributed by atoms with Crippen molar-refractivity contribution in [1.82, 2.24) is 20.1 Å². The van der Waals surface area contributed by atoms with Crippen LogP contribution in [0.5, 0.6) is 0 Å². The van der Waals surface area contributed by atoms with Crippen molar-refractivity contribution in [3.05, 3.63) is 11.6 Å². The van der Waals surface area contributed by atoms with Crippen LogP contribution >= 0.6 is 0 Å². The summed E-state index contributed by atoms with van der Waals surface area (Å²) in [7, 11) is 0. The molecular weight excluding hydrogens is 220 g/mol. The van der Waals surface area contributed by atoms with Crippen molar-refractivity contribution >= 4 is 5.91 Å². The van der Waals surface area contributed by atoms with E-state index < -0.39 is 0 Å². The zero-order valence-corrected chi connectivity index (χ0v) is 10.0. The van der Waals surface area contributed by atoms with Crippen LogP contribution in [-0.4, -0.2) is 50.3 Å². The molecule has 2 rings (SSSR count). The molecule has 0 spiro atoms. The average Bonchev–Trinajstić information content (AvgIpc) is 2.96. The summed E-state index contributed by atoms with van der Waals surface area (Å²) in [6.07, 6.45) is 3.55. The molecule has 1 fully saturated rings. The Labute approximate surface area is 100 Å². The lowest BCUT2D eigenvalue weighted by Crippen LogP contribution is -2.38. The Hall–Kier alpha value is -1.43. The number of amides is 1. The molecular formula is C11H18N4O2. The van der Waals surface area contributed by atoms with Gasteiger partial charge in [0.05, 0.1) is 12.6 Å². The number of likely N-dealkylation sites (tertiary alicyclic amines) is 1. The van der Waals surface area contributed by atoms with Gasteiger partial charge >= 0.3 is 0 Å². The van der Waals surface area contributed by atoms with Gasteiger partial charge in [-0.3, -0.25) is 9.89 Å².